The molecule has 1 rings (SSSR count). The Hall–Kier alpha value is 1.33. The third-order valence-corrected chi connectivity index (χ3v) is 5.09. The smallest absolute Gasteiger partial charge is 0.0941 e. The van der Waals surface area contributed by atoms with E-state index in [1.165, 1.54) is 10.7 Å². The summed E-state index contributed by atoms with van der Waals surface area (Å²) < 4.78 is 3.68. The summed E-state index contributed by atoms with van der Waals surface area (Å²) in [5, 5.41) is 0. The minimum Gasteiger partial charge on any atom is -0.300 e. The van der Waals surface area contributed by atoms with E-state index in [0.29, 0.717) is 6.61 Å². The monoisotopic (exact) mass is 501 g/mol. The van der Waals surface area contributed by atoms with E-state index in [1.54, 1.807) is 0 Å². The molecule has 66 valence electrons. The predicted molar refractivity (Wildman–Crippen MR) is 73.6 cm³/mol. The molecule has 0 spiro atoms. The van der Waals surface area contributed by atoms with Gasteiger partial charge in [0.15, 0.2) is 0 Å². The van der Waals surface area contributed by atoms with Crippen LogP contribution in [-0.2, 0) is 11.4 Å². The summed E-state index contributed by atoms with van der Waals surface area (Å²) in [7, 11) is 0. The van der Waals surface area contributed by atoms with Gasteiger partial charge in [0.05, 0.1) is 6.61 Å². The van der Waals surface area contributed by atoms with Crippen LogP contribution in [0.15, 0.2) is 12.1 Å². The van der Waals surface area contributed by atoms with Gasteiger partial charge in [-0.1, -0.05) is 0 Å². The van der Waals surface area contributed by atoms with Crippen LogP contribution in [0.25, 0.3) is 0 Å². The zero-order valence-corrected chi connectivity index (χ0v) is 12.5. The number of hydrogen-bond acceptors (Lipinski definition) is 2. The molecule has 0 unspecified atom stereocenters. The molecule has 0 bridgehead atoms. The number of rotatable bonds is 2. The van der Waals surface area contributed by atoms with E-state index in [1.807, 2.05) is 0 Å². The van der Waals surface area contributed by atoms with Crippen molar-refractivity contribution in [2.45, 2.75) is 6.61 Å². The minimum absolute atomic E-state index is 0.477. The molecule has 2 nitrogen and oxygen atoms in total. The van der Waals surface area contributed by atoms with Crippen LogP contribution in [0.1, 0.15) is 5.56 Å². The molecule has 0 radical (unpaired) electrons. The fourth-order valence-corrected chi connectivity index (χ4v) is 3.24. The van der Waals surface area contributed by atoms with Gasteiger partial charge in [-0.25, -0.2) is 5.90 Å². The molecule has 0 saturated heterocycles. The topological polar surface area (TPSA) is 35.2 Å². The molecule has 2 N–H and O–H groups in total. The van der Waals surface area contributed by atoms with Crippen LogP contribution >= 0.6 is 67.8 Å². The minimum atomic E-state index is 0.477. The van der Waals surface area contributed by atoms with Crippen LogP contribution in [0.3, 0.4) is 0 Å². The van der Waals surface area contributed by atoms with Gasteiger partial charge in [0, 0.05) is 10.7 Å². The normalized spacial score (nSPS) is 10.3. The van der Waals surface area contributed by atoms with E-state index in [9.17, 15) is 0 Å². The Balaban J connectivity index is 3.09. The molecule has 5 heteroatoms. The first-order valence-electron chi connectivity index (χ1n) is 3.10. The summed E-state index contributed by atoms with van der Waals surface area (Å²) >= 11 is 6.89. The van der Waals surface area contributed by atoms with Gasteiger partial charge >= 0.3 is 0 Å². The van der Waals surface area contributed by atoms with Crippen molar-refractivity contribution in [1.82, 2.24) is 0 Å². The molecule has 0 aliphatic rings. The van der Waals surface area contributed by atoms with Crippen molar-refractivity contribution in [3.63, 3.8) is 0 Å². The molecule has 0 aliphatic carbocycles. The maximum absolute atomic E-state index is 5.02. The Kier molecular flexibility index (Phi) is 5.01. The number of hydrogen-bond donors (Lipinski definition) is 1. The van der Waals surface area contributed by atoms with E-state index < -0.39 is 0 Å². The maximum Gasteiger partial charge on any atom is 0.0941 e. The van der Waals surface area contributed by atoms with Gasteiger partial charge in [-0.3, -0.25) is 4.84 Å². The Bertz CT molecular complexity index is 290. The van der Waals surface area contributed by atoms with E-state index in [4.69, 9.17) is 5.90 Å². The van der Waals surface area contributed by atoms with Crippen molar-refractivity contribution in [3.8, 4) is 0 Å². The van der Waals surface area contributed by atoms with Crippen molar-refractivity contribution in [1.29, 1.82) is 0 Å². The average molecular weight is 501 g/mol. The highest BCUT2D eigenvalue weighted by atomic mass is 127. The fourth-order valence-electron chi connectivity index (χ4n) is 0.804. The molecule has 0 fully saturated rings. The van der Waals surface area contributed by atoms with Gasteiger partial charge in [-0.2, -0.15) is 0 Å². The van der Waals surface area contributed by atoms with E-state index in [0.717, 1.165) is 5.56 Å². The fraction of sp³-hybridized carbons (Fsp3) is 0.143. The quantitative estimate of drug-likeness (QED) is 0.385. The first-order valence-corrected chi connectivity index (χ1v) is 6.34. The van der Waals surface area contributed by atoms with Gasteiger partial charge in [-0.05, 0) is 85.5 Å². The zero-order valence-electron chi connectivity index (χ0n) is 5.98. The first kappa shape index (κ1) is 11.4. The second kappa shape index (κ2) is 5.27. The highest BCUT2D eigenvalue weighted by molar-refractivity contribution is 14.1. The summed E-state index contributed by atoms with van der Waals surface area (Å²) in [5.74, 6) is 5.02. The lowest BCUT2D eigenvalue weighted by atomic mass is 10.2. The molecular weight excluding hydrogens is 495 g/mol. The average Bonchev–Trinajstić information content (AvgIpc) is 2.00. The van der Waals surface area contributed by atoms with Crippen molar-refractivity contribution in [2.24, 2.45) is 5.90 Å². The molecular formula is C7H6I3NO. The largest absolute Gasteiger partial charge is 0.300 e. The van der Waals surface area contributed by atoms with Crippen LogP contribution in [0.2, 0.25) is 0 Å². The zero-order chi connectivity index (χ0) is 9.14. The number of halogens is 3. The summed E-state index contributed by atoms with van der Waals surface area (Å²) in [6.45, 7) is 0.477. The van der Waals surface area contributed by atoms with Crippen LogP contribution in [0.5, 0.6) is 0 Å². The lowest BCUT2D eigenvalue weighted by Gasteiger charge is -2.05. The van der Waals surface area contributed by atoms with Crippen molar-refractivity contribution >= 4 is 67.8 Å². The standard InChI is InChI=1S/C7H6I3NO/c8-5-1-4(3-12-11)7(10)6(9)2-5/h1-2H,3,11H2. The second-order valence-corrected chi connectivity index (χ2v) is 5.66. The second-order valence-electron chi connectivity index (χ2n) is 2.17. The Labute approximate surface area is 112 Å². The lowest BCUT2D eigenvalue weighted by Crippen LogP contribution is -2.02. The Morgan fingerprint density at radius 2 is 1.92 bits per heavy atom. The number of nitrogens with two attached hydrogens (primary N) is 1. The SMILES string of the molecule is NOCc1cc(I)cc(I)c1I. The molecule has 0 saturated carbocycles. The third-order valence-electron chi connectivity index (χ3n) is 1.31. The molecule has 0 aromatic heterocycles. The van der Waals surface area contributed by atoms with Crippen molar-refractivity contribution in [2.75, 3.05) is 0 Å². The van der Waals surface area contributed by atoms with Gasteiger partial charge in [0.25, 0.3) is 0 Å². The molecule has 0 amide bonds. The molecule has 0 atom stereocenters. The summed E-state index contributed by atoms with van der Waals surface area (Å²) in [6, 6.07) is 4.21. The van der Waals surface area contributed by atoms with Crippen molar-refractivity contribution < 1.29 is 4.84 Å². The molecule has 12 heavy (non-hydrogen) atoms. The van der Waals surface area contributed by atoms with E-state index in [2.05, 4.69) is 84.7 Å². The van der Waals surface area contributed by atoms with Crippen LogP contribution in [0, 0.1) is 10.7 Å². The molecule has 1 aromatic carbocycles. The highest BCUT2D eigenvalue weighted by Crippen LogP contribution is 2.22. The van der Waals surface area contributed by atoms with Gasteiger partial charge in [-0.15, -0.1) is 0 Å². The Morgan fingerprint density at radius 3 is 2.50 bits per heavy atom. The summed E-state index contributed by atoms with van der Waals surface area (Å²) in [4.78, 5) is 4.61. The maximum atomic E-state index is 5.02. The van der Waals surface area contributed by atoms with Gasteiger partial charge in [0.2, 0.25) is 0 Å². The molecule has 0 aliphatic heterocycles. The number of benzene rings is 1. The van der Waals surface area contributed by atoms with Crippen molar-refractivity contribution in [3.05, 3.63) is 28.4 Å². The van der Waals surface area contributed by atoms with Gasteiger partial charge in [0.1, 0.15) is 0 Å². The van der Waals surface area contributed by atoms with E-state index >= 15 is 0 Å². The van der Waals surface area contributed by atoms with Crippen LogP contribution in [0.4, 0.5) is 0 Å². The lowest BCUT2D eigenvalue weighted by molar-refractivity contribution is 0.123. The van der Waals surface area contributed by atoms with Crippen LogP contribution in [-0.4, -0.2) is 0 Å². The third kappa shape index (κ3) is 2.93. The molecule has 1 aromatic rings. The summed E-state index contributed by atoms with van der Waals surface area (Å²) in [6.07, 6.45) is 0. The Morgan fingerprint density at radius 1 is 1.25 bits per heavy atom. The first-order chi connectivity index (χ1) is 5.65. The molecule has 0 heterocycles. The predicted octanol–water partition coefficient (Wildman–Crippen LogP) is 2.89. The van der Waals surface area contributed by atoms with Crippen LogP contribution < -0.4 is 5.90 Å². The van der Waals surface area contributed by atoms with E-state index in [-0.39, 0.29) is 0 Å². The van der Waals surface area contributed by atoms with Gasteiger partial charge < -0.3 is 0 Å². The highest BCUT2D eigenvalue weighted by Gasteiger charge is 2.04. The summed E-state index contributed by atoms with van der Waals surface area (Å²) in [5.41, 5.74) is 1.15.